The Balaban J connectivity index is 3.64. The topological polar surface area (TPSA) is 9.23 Å². The van der Waals surface area contributed by atoms with Crippen LogP contribution in [-0.4, -0.2) is 24.2 Å². The molecule has 0 rings (SSSR count). The molecule has 0 heterocycles. The van der Waals surface area contributed by atoms with Crippen LogP contribution in [-0.2, 0) is 4.74 Å². The van der Waals surface area contributed by atoms with Gasteiger partial charge < -0.3 is 4.74 Å². The van der Waals surface area contributed by atoms with Crippen LogP contribution in [0.4, 0.5) is 0 Å². The van der Waals surface area contributed by atoms with Crippen molar-refractivity contribution in [2.75, 3.05) is 19.1 Å². The third-order valence-corrected chi connectivity index (χ3v) is 2.80. The number of methoxy groups -OCH3 is 1. The van der Waals surface area contributed by atoms with E-state index in [0.717, 1.165) is 12.2 Å². The van der Waals surface area contributed by atoms with E-state index in [0.29, 0.717) is 5.92 Å². The zero-order valence-corrected chi connectivity index (χ0v) is 9.26. The fourth-order valence-corrected chi connectivity index (χ4v) is 2.00. The van der Waals surface area contributed by atoms with E-state index >= 15 is 0 Å². The molecule has 0 radical (unpaired) electrons. The van der Waals surface area contributed by atoms with Gasteiger partial charge in [0.15, 0.2) is 0 Å². The first-order valence-corrected chi connectivity index (χ1v) is 5.52. The maximum absolute atomic E-state index is 6.02. The highest BCUT2D eigenvalue weighted by molar-refractivity contribution is 7.98. The normalized spacial score (nSPS) is 19.4. The average molecular weight is 197 g/mol. The molecule has 11 heavy (non-hydrogen) atoms. The summed E-state index contributed by atoms with van der Waals surface area (Å²) in [6.45, 7) is 4.10. The van der Waals surface area contributed by atoms with E-state index in [9.17, 15) is 0 Å². The van der Waals surface area contributed by atoms with E-state index in [1.165, 1.54) is 0 Å². The van der Waals surface area contributed by atoms with Crippen LogP contribution in [0.3, 0.4) is 0 Å². The van der Waals surface area contributed by atoms with Crippen LogP contribution >= 0.6 is 23.4 Å². The summed E-state index contributed by atoms with van der Waals surface area (Å²) in [4.78, 5) is 0. The summed E-state index contributed by atoms with van der Waals surface area (Å²) in [6, 6.07) is 0. The van der Waals surface area contributed by atoms with Crippen molar-refractivity contribution in [1.29, 1.82) is 0 Å². The number of hydrogen-bond acceptors (Lipinski definition) is 2. The predicted octanol–water partition coefficient (Wildman–Crippen LogP) is 2.98. The van der Waals surface area contributed by atoms with E-state index < -0.39 is 5.06 Å². The Bertz CT molecular complexity index is 106. The van der Waals surface area contributed by atoms with E-state index in [1.54, 1.807) is 7.11 Å². The second kappa shape index (κ2) is 5.28. The summed E-state index contributed by atoms with van der Waals surface area (Å²) >= 11 is 7.87. The van der Waals surface area contributed by atoms with Gasteiger partial charge in [0.25, 0.3) is 0 Å². The number of halogens is 1. The quantitative estimate of drug-likeness (QED) is 0.626. The van der Waals surface area contributed by atoms with Crippen LogP contribution < -0.4 is 0 Å². The maximum Gasteiger partial charge on any atom is 0.138 e. The van der Waals surface area contributed by atoms with Gasteiger partial charge in [-0.1, -0.05) is 18.5 Å². The number of hydrogen-bond donors (Lipinski definition) is 0. The summed E-state index contributed by atoms with van der Waals surface area (Å²) in [6.07, 6.45) is 3.01. The Hall–Kier alpha value is 0.600. The molecule has 0 N–H and O–H groups in total. The minimum Gasteiger partial charge on any atom is -0.363 e. The zero-order valence-electron chi connectivity index (χ0n) is 7.69. The molecule has 1 nitrogen and oxygen atoms in total. The molecule has 0 saturated carbocycles. The fraction of sp³-hybridized carbons (Fsp3) is 1.00. The molecule has 2 atom stereocenters. The highest BCUT2D eigenvalue weighted by Crippen LogP contribution is 2.25. The Morgan fingerprint density at radius 2 is 2.18 bits per heavy atom. The lowest BCUT2D eigenvalue weighted by Crippen LogP contribution is -2.23. The molecule has 0 amide bonds. The van der Waals surface area contributed by atoms with Crippen molar-refractivity contribution in [3.05, 3.63) is 0 Å². The van der Waals surface area contributed by atoms with Crippen molar-refractivity contribution in [1.82, 2.24) is 0 Å². The van der Waals surface area contributed by atoms with Crippen molar-refractivity contribution in [2.45, 2.75) is 25.3 Å². The van der Waals surface area contributed by atoms with Gasteiger partial charge in [0.1, 0.15) is 5.06 Å². The highest BCUT2D eigenvalue weighted by Gasteiger charge is 2.22. The molecule has 0 aliphatic carbocycles. The number of thioether (sulfide) groups is 1. The summed E-state index contributed by atoms with van der Waals surface area (Å²) < 4.78 is 5.11. The maximum atomic E-state index is 6.02. The largest absolute Gasteiger partial charge is 0.363 e. The first kappa shape index (κ1) is 11.6. The summed E-state index contributed by atoms with van der Waals surface area (Å²) in [7, 11) is 1.65. The highest BCUT2D eigenvalue weighted by atomic mass is 35.5. The second-order valence-corrected chi connectivity index (χ2v) is 4.78. The van der Waals surface area contributed by atoms with Crippen molar-refractivity contribution in [2.24, 2.45) is 5.92 Å². The molecule has 0 aliphatic heterocycles. The molecule has 0 saturated heterocycles. The summed E-state index contributed by atoms with van der Waals surface area (Å²) in [5.74, 6) is 1.76. The molecule has 2 unspecified atom stereocenters. The minimum absolute atomic E-state index is 0.477. The first-order valence-electron chi connectivity index (χ1n) is 3.75. The van der Waals surface area contributed by atoms with Gasteiger partial charge in [0.05, 0.1) is 0 Å². The SMILES string of the molecule is COC(C)(Cl)CC(C)CSC. The first-order chi connectivity index (χ1) is 5.02. The standard InChI is InChI=1S/C8H17ClOS/c1-7(6-11-4)5-8(2,9)10-3/h7H,5-6H2,1-4H3. The predicted molar refractivity (Wildman–Crippen MR) is 53.4 cm³/mol. The molecule has 68 valence electrons. The molecule has 0 aromatic rings. The van der Waals surface area contributed by atoms with Crippen LogP contribution in [0.15, 0.2) is 0 Å². The van der Waals surface area contributed by atoms with Gasteiger partial charge in [-0.3, -0.25) is 0 Å². The third kappa shape index (κ3) is 5.83. The molecular weight excluding hydrogens is 180 g/mol. The van der Waals surface area contributed by atoms with E-state index in [-0.39, 0.29) is 0 Å². The van der Waals surface area contributed by atoms with Gasteiger partial charge in [0.2, 0.25) is 0 Å². The number of ether oxygens (including phenoxy) is 1. The van der Waals surface area contributed by atoms with Crippen molar-refractivity contribution in [3.8, 4) is 0 Å². The van der Waals surface area contributed by atoms with E-state index in [2.05, 4.69) is 13.2 Å². The van der Waals surface area contributed by atoms with Crippen LogP contribution in [0.5, 0.6) is 0 Å². The van der Waals surface area contributed by atoms with Gasteiger partial charge in [0, 0.05) is 7.11 Å². The smallest absolute Gasteiger partial charge is 0.138 e. The van der Waals surface area contributed by atoms with Gasteiger partial charge in [-0.2, -0.15) is 11.8 Å². The van der Waals surface area contributed by atoms with Crippen molar-refractivity contribution >= 4 is 23.4 Å². The van der Waals surface area contributed by atoms with E-state index in [4.69, 9.17) is 16.3 Å². The molecule has 0 spiro atoms. The van der Waals surface area contributed by atoms with E-state index in [1.807, 2.05) is 18.7 Å². The van der Waals surface area contributed by atoms with Gasteiger partial charge in [-0.05, 0) is 31.3 Å². The summed E-state index contributed by atoms with van der Waals surface area (Å²) in [5.41, 5.74) is 0. The summed E-state index contributed by atoms with van der Waals surface area (Å²) in [5, 5.41) is -0.477. The van der Waals surface area contributed by atoms with Crippen LogP contribution in [0.2, 0.25) is 0 Å². The average Bonchev–Trinajstić information content (AvgIpc) is 1.87. The lowest BCUT2D eigenvalue weighted by molar-refractivity contribution is 0.0623. The lowest BCUT2D eigenvalue weighted by atomic mass is 10.1. The molecule has 0 aromatic heterocycles. The number of alkyl halides is 1. The Morgan fingerprint density at radius 1 is 1.64 bits per heavy atom. The van der Waals surface area contributed by atoms with Crippen molar-refractivity contribution < 1.29 is 4.74 Å². The van der Waals surface area contributed by atoms with Crippen LogP contribution in [0.1, 0.15) is 20.3 Å². The molecule has 0 bridgehead atoms. The third-order valence-electron chi connectivity index (χ3n) is 1.59. The lowest BCUT2D eigenvalue weighted by Gasteiger charge is -2.23. The monoisotopic (exact) mass is 196 g/mol. The molecule has 0 aromatic carbocycles. The Kier molecular flexibility index (Phi) is 5.57. The van der Waals surface area contributed by atoms with Crippen molar-refractivity contribution in [3.63, 3.8) is 0 Å². The minimum atomic E-state index is -0.477. The Labute approximate surface area is 78.8 Å². The zero-order chi connectivity index (χ0) is 8.91. The van der Waals surface area contributed by atoms with Crippen LogP contribution in [0, 0.1) is 5.92 Å². The molecule has 0 aliphatic rings. The molecule has 3 heteroatoms. The Morgan fingerprint density at radius 3 is 2.55 bits per heavy atom. The fourth-order valence-electron chi connectivity index (χ4n) is 1.05. The second-order valence-electron chi connectivity index (χ2n) is 3.07. The number of rotatable bonds is 5. The van der Waals surface area contributed by atoms with Crippen LogP contribution in [0.25, 0.3) is 0 Å². The molecular formula is C8H17ClOS. The van der Waals surface area contributed by atoms with Gasteiger partial charge in [-0.15, -0.1) is 0 Å². The van der Waals surface area contributed by atoms with Gasteiger partial charge >= 0.3 is 0 Å². The molecule has 0 fully saturated rings. The van der Waals surface area contributed by atoms with Gasteiger partial charge in [-0.25, -0.2) is 0 Å².